The molecule has 103 heavy (non-hydrogen) atoms. The molecule has 8 aliphatic rings. The molecule has 0 N–H and O–H groups in total. The molecule has 6 unspecified atom stereocenters. The lowest BCUT2D eigenvalue weighted by Crippen LogP contribution is -2.62. The fourth-order valence-electron chi connectivity index (χ4n) is 23.7. The summed E-state index contributed by atoms with van der Waals surface area (Å²) >= 11 is 3.78. The van der Waals surface area contributed by atoms with Crippen molar-refractivity contribution in [2.24, 2.45) is 39.0 Å². The van der Waals surface area contributed by atoms with E-state index in [4.69, 9.17) is 8.83 Å². The van der Waals surface area contributed by atoms with Crippen molar-refractivity contribution in [3.63, 3.8) is 0 Å². The van der Waals surface area contributed by atoms with Gasteiger partial charge in [0, 0.05) is 106 Å². The minimum absolute atomic E-state index is 0.0177. The average Bonchev–Trinajstić information content (AvgIpc) is 1.56. The van der Waals surface area contributed by atoms with Gasteiger partial charge in [0.2, 0.25) is 11.4 Å². The molecule has 10 nitrogen and oxygen atoms in total. The number of aryl methyl sites for hydroxylation is 8. The van der Waals surface area contributed by atoms with E-state index < -0.39 is 0 Å². The van der Waals surface area contributed by atoms with E-state index >= 15 is 0 Å². The summed E-state index contributed by atoms with van der Waals surface area (Å²) in [5, 5.41) is 9.99. The molecule has 8 aromatic heterocycles. The highest BCUT2D eigenvalue weighted by Gasteiger charge is 2.68. The van der Waals surface area contributed by atoms with E-state index in [0.717, 1.165) is 11.4 Å². The van der Waals surface area contributed by atoms with Gasteiger partial charge in [-0.1, -0.05) is 160 Å². The van der Waals surface area contributed by atoms with Crippen LogP contribution in [0.2, 0.25) is 0 Å². The van der Waals surface area contributed by atoms with Gasteiger partial charge in [-0.3, -0.25) is 0 Å². The third-order valence-electron chi connectivity index (χ3n) is 30.0. The van der Waals surface area contributed by atoms with Gasteiger partial charge in [0.15, 0.2) is 0 Å². The molecule has 20 rings (SSSR count). The maximum atomic E-state index is 5.88. The summed E-state index contributed by atoms with van der Waals surface area (Å²) in [6.07, 6.45) is 15.5. The van der Waals surface area contributed by atoms with Gasteiger partial charge in [-0.05, 0) is 186 Å². The van der Waals surface area contributed by atoms with Crippen molar-refractivity contribution >= 4 is 88.1 Å². The standard InChI is InChI=1S/2C24H30N2O.C22H26N2S.C21H24N2S/c2*1-14-10-9-11-17-19(14)26-15(2)18-16-12-13-27-21(16)25(8)20(18)24(26,7)23(5,6)22(17,3)4;1-15-9-5-6-10-18(15)24-16(2)19-17-11-14-25-21(17)23(3)20(19)22(24)12-7-4-8-13-22;1-14-8-4-5-9-17(14)23-15(2)18-16-10-13-24-20(16)22(3)19(18)21(23)11-6-7-12-21/h2*9-13,15H,1-8H3;5-6,9-11,14,16H,4,7-8,12-13H2,1-3H3;4-5,8-10,13,15H,6-7,11-12H2,1-3H3. The quantitative estimate of drug-likeness (QED) is 0.172. The third kappa shape index (κ3) is 8.38. The lowest BCUT2D eigenvalue weighted by Gasteiger charge is -2.62. The van der Waals surface area contributed by atoms with Gasteiger partial charge in [0.1, 0.15) is 9.66 Å². The van der Waals surface area contributed by atoms with Crippen molar-refractivity contribution in [1.82, 2.24) is 18.3 Å². The number of benzene rings is 4. The molecular formula is C91H110N8O2S2. The summed E-state index contributed by atoms with van der Waals surface area (Å²) in [7, 11) is 8.92. The van der Waals surface area contributed by atoms with E-state index in [9.17, 15) is 0 Å². The normalized spacial score (nSPS) is 24.9. The Morgan fingerprint density at radius 1 is 0.359 bits per heavy atom. The number of hydrogen-bond acceptors (Lipinski definition) is 8. The monoisotopic (exact) mass is 1410 g/mol. The van der Waals surface area contributed by atoms with E-state index in [1.54, 1.807) is 22.5 Å². The second-order valence-electron chi connectivity index (χ2n) is 35.0. The second-order valence-corrected chi connectivity index (χ2v) is 36.8. The number of nitrogens with zero attached hydrogens (tertiary/aromatic N) is 8. The summed E-state index contributed by atoms with van der Waals surface area (Å²) in [6.45, 7) is 43.0. The van der Waals surface area contributed by atoms with Crippen LogP contribution in [0.3, 0.4) is 0 Å². The number of para-hydroxylation sites is 4. The smallest absolute Gasteiger partial charge is 0.206 e. The fourth-order valence-corrected chi connectivity index (χ4v) is 25.4. The van der Waals surface area contributed by atoms with Crippen molar-refractivity contribution in [3.8, 4) is 0 Å². The summed E-state index contributed by atoms with van der Waals surface area (Å²) in [5.74, 6) is 0. The van der Waals surface area contributed by atoms with Gasteiger partial charge in [0.25, 0.3) is 0 Å². The van der Waals surface area contributed by atoms with Gasteiger partial charge in [0.05, 0.1) is 81.6 Å². The molecule has 0 bridgehead atoms. The molecule has 12 heteroatoms. The molecule has 14 heterocycles. The maximum Gasteiger partial charge on any atom is 0.206 e. The molecule has 0 saturated heterocycles. The van der Waals surface area contributed by atoms with E-state index in [1.807, 2.05) is 35.2 Å². The van der Waals surface area contributed by atoms with Gasteiger partial charge >= 0.3 is 0 Å². The zero-order valence-electron chi connectivity index (χ0n) is 65.6. The zero-order chi connectivity index (χ0) is 72.7. The number of aromatic nitrogens is 4. The molecule has 2 aliphatic carbocycles. The minimum Gasteiger partial charge on any atom is -0.448 e. The molecule has 0 radical (unpaired) electrons. The number of rotatable bonds is 2. The van der Waals surface area contributed by atoms with Crippen molar-refractivity contribution < 1.29 is 8.83 Å². The van der Waals surface area contributed by atoms with Gasteiger partial charge in [-0.25, -0.2) is 0 Å². The van der Waals surface area contributed by atoms with Crippen LogP contribution < -0.4 is 19.6 Å². The van der Waals surface area contributed by atoms with E-state index in [0.29, 0.717) is 24.2 Å². The predicted molar refractivity (Wildman–Crippen MR) is 433 cm³/mol. The number of hydrogen-bond donors (Lipinski definition) is 0. The number of fused-ring (bicyclic) bond motifs is 22. The van der Waals surface area contributed by atoms with Crippen molar-refractivity contribution in [2.45, 2.75) is 240 Å². The number of thiophene rings is 2. The SMILES string of the molecule is Cc1cccc2c1N1C(C)c3c(n(C)c4occc34)C1(C)C(C)(C)C2(C)C.Cc1cccc2c1N1C(C)c3c(n(C)c4occc34)C1(C)C(C)(C)C2(C)C.Cc1ccccc1N1C(C)c2c(n(C)c3sccc23)C12CCCC2.Cc1ccccc1N1C(C)c2c(n(C)c3sccc23)C12CCCCC2. The molecule has 6 atom stereocenters. The summed E-state index contributed by atoms with van der Waals surface area (Å²) in [6, 6.07) is 42.0. The Balaban J connectivity index is 0.000000102. The lowest BCUT2D eigenvalue weighted by molar-refractivity contribution is 0.0606. The van der Waals surface area contributed by atoms with Crippen LogP contribution >= 0.6 is 22.7 Å². The van der Waals surface area contributed by atoms with Crippen LogP contribution in [0.15, 0.2) is 141 Å². The summed E-state index contributed by atoms with van der Waals surface area (Å²) < 4.78 is 21.4. The van der Waals surface area contributed by atoms with Crippen LogP contribution in [-0.4, -0.2) is 18.3 Å². The van der Waals surface area contributed by atoms with Crippen molar-refractivity contribution in [2.75, 3.05) is 19.6 Å². The fraction of sp³-hybridized carbons (Fsp3) is 0.473. The highest BCUT2D eigenvalue weighted by atomic mass is 32.1. The van der Waals surface area contributed by atoms with E-state index in [2.05, 4.69) is 311 Å². The molecule has 12 aromatic rings. The van der Waals surface area contributed by atoms with E-state index in [-0.39, 0.29) is 43.8 Å². The largest absolute Gasteiger partial charge is 0.448 e. The Bertz CT molecular complexity index is 5220. The molecule has 4 aromatic carbocycles. The predicted octanol–water partition coefficient (Wildman–Crippen LogP) is 24.6. The molecule has 0 amide bonds. The Morgan fingerprint density at radius 3 is 1.08 bits per heavy atom. The van der Waals surface area contributed by atoms with Crippen molar-refractivity contribution in [1.29, 1.82) is 0 Å². The van der Waals surface area contributed by atoms with Gasteiger partial charge < -0.3 is 46.7 Å². The van der Waals surface area contributed by atoms with Crippen LogP contribution in [0.1, 0.15) is 257 Å². The average molecular weight is 1410 g/mol. The molecule has 2 fully saturated rings. The molecule has 6 aliphatic heterocycles. The van der Waals surface area contributed by atoms with E-state index in [1.165, 1.54) is 168 Å². The number of anilines is 4. The summed E-state index contributed by atoms with van der Waals surface area (Å²) in [4.78, 5) is 13.9. The second kappa shape index (κ2) is 22.9. The Hall–Kier alpha value is -7.80. The lowest BCUT2D eigenvalue weighted by atomic mass is 9.52. The first-order valence-electron chi connectivity index (χ1n) is 38.7. The Morgan fingerprint density at radius 2 is 0.699 bits per heavy atom. The third-order valence-corrected chi connectivity index (χ3v) is 31.9. The first-order chi connectivity index (χ1) is 48.9. The highest BCUT2D eigenvalue weighted by molar-refractivity contribution is 7.17. The molecule has 538 valence electrons. The van der Waals surface area contributed by atoms with Crippen LogP contribution in [0, 0.1) is 38.5 Å². The first kappa shape index (κ1) is 68.3. The highest BCUT2D eigenvalue weighted by Crippen LogP contribution is 2.71. The Kier molecular flexibility index (Phi) is 15.2. The first-order valence-corrected chi connectivity index (χ1v) is 40.4. The number of furan rings is 2. The van der Waals surface area contributed by atoms with Crippen LogP contribution in [-0.2, 0) is 61.2 Å². The van der Waals surface area contributed by atoms with Crippen LogP contribution in [0.25, 0.3) is 42.6 Å². The molecular weight excluding hydrogens is 1300 g/mol. The van der Waals surface area contributed by atoms with Crippen molar-refractivity contribution in [3.05, 3.63) is 211 Å². The zero-order valence-corrected chi connectivity index (χ0v) is 67.2. The van der Waals surface area contributed by atoms with Crippen LogP contribution in [0.4, 0.5) is 22.7 Å². The topological polar surface area (TPSA) is 59.0 Å². The maximum absolute atomic E-state index is 5.88. The molecule has 2 spiro atoms. The minimum atomic E-state index is -0.124. The van der Waals surface area contributed by atoms with Gasteiger partial charge in [-0.15, -0.1) is 22.7 Å². The van der Waals surface area contributed by atoms with Gasteiger partial charge in [-0.2, -0.15) is 0 Å². The Labute approximate surface area is 620 Å². The summed E-state index contributed by atoms with van der Waals surface area (Å²) in [5.41, 5.74) is 28.4. The van der Waals surface area contributed by atoms with Crippen LogP contribution in [0.5, 0.6) is 0 Å². The molecule has 2 saturated carbocycles.